The van der Waals surface area contributed by atoms with Crippen molar-refractivity contribution in [2.24, 2.45) is 5.92 Å². The van der Waals surface area contributed by atoms with Crippen molar-refractivity contribution in [2.45, 2.75) is 52.2 Å². The summed E-state index contributed by atoms with van der Waals surface area (Å²) in [5, 5.41) is 4.79. The molecule has 3 aromatic rings. The highest BCUT2D eigenvalue weighted by Gasteiger charge is 2.51. The van der Waals surface area contributed by atoms with E-state index in [-0.39, 0.29) is 11.2 Å². The summed E-state index contributed by atoms with van der Waals surface area (Å²) in [5.74, 6) is 0.470. The van der Waals surface area contributed by atoms with E-state index in [4.69, 9.17) is 9.31 Å². The van der Waals surface area contributed by atoms with Crippen LogP contribution in [0.4, 0.5) is 0 Å². The van der Waals surface area contributed by atoms with Gasteiger partial charge in [-0.15, -0.1) is 0 Å². The summed E-state index contributed by atoms with van der Waals surface area (Å²) in [5.41, 5.74) is 0.242. The van der Waals surface area contributed by atoms with Crippen LogP contribution >= 0.6 is 7.14 Å². The van der Waals surface area contributed by atoms with E-state index < -0.39 is 14.3 Å². The normalized spacial score (nSPS) is 23.0. The minimum atomic E-state index is -2.97. The largest absolute Gasteiger partial charge is 0.494 e. The van der Waals surface area contributed by atoms with E-state index in [1.807, 2.05) is 36.4 Å². The molecule has 0 bridgehead atoms. The van der Waals surface area contributed by atoms with Crippen molar-refractivity contribution in [2.75, 3.05) is 0 Å². The minimum Gasteiger partial charge on any atom is -0.399 e. The van der Waals surface area contributed by atoms with Crippen LogP contribution in [-0.2, 0) is 13.9 Å². The molecule has 1 saturated heterocycles. The molecule has 2 unspecified atom stereocenters. The standard InChI is InChI=1S/C29H32BO3P/c1-21-11-16-26(17-12-21)34(31,25-9-7-6-8-10-25)27-18-14-22-19-24(15-13-23(22)20-27)30-32-28(2,3)29(4,5)33-30/h6-11,13-21H,12H2,1-5H3. The Labute approximate surface area is 203 Å². The highest BCUT2D eigenvalue weighted by Crippen LogP contribution is 2.53. The van der Waals surface area contributed by atoms with Crippen LogP contribution in [-0.4, -0.2) is 18.3 Å². The van der Waals surface area contributed by atoms with Crippen LogP contribution in [0.5, 0.6) is 0 Å². The molecule has 0 aromatic heterocycles. The maximum atomic E-state index is 14.8. The second-order valence-corrected chi connectivity index (χ2v) is 13.3. The predicted molar refractivity (Wildman–Crippen MR) is 144 cm³/mol. The van der Waals surface area contributed by atoms with Crippen LogP contribution in [0.1, 0.15) is 41.0 Å². The monoisotopic (exact) mass is 470 g/mol. The molecule has 2 aliphatic rings. The Bertz CT molecular complexity index is 1320. The van der Waals surface area contributed by atoms with Crippen molar-refractivity contribution in [1.29, 1.82) is 0 Å². The summed E-state index contributed by atoms with van der Waals surface area (Å²) >= 11 is 0. The molecule has 3 nitrogen and oxygen atoms in total. The fourth-order valence-corrected chi connectivity index (χ4v) is 7.36. The first-order chi connectivity index (χ1) is 16.1. The lowest BCUT2D eigenvalue weighted by molar-refractivity contribution is 0.00578. The Balaban J connectivity index is 1.56. The lowest BCUT2D eigenvalue weighted by Crippen LogP contribution is -2.41. The Morgan fingerprint density at radius 1 is 0.853 bits per heavy atom. The predicted octanol–water partition coefficient (Wildman–Crippen LogP) is 5.93. The molecule has 0 radical (unpaired) electrons. The van der Waals surface area contributed by atoms with Crippen molar-refractivity contribution >= 4 is 41.1 Å². The highest BCUT2D eigenvalue weighted by molar-refractivity contribution is 7.82. The van der Waals surface area contributed by atoms with Gasteiger partial charge in [-0.05, 0) is 62.3 Å². The second kappa shape index (κ2) is 8.38. The molecule has 0 N–H and O–H groups in total. The number of hydrogen-bond acceptors (Lipinski definition) is 3. The van der Waals surface area contributed by atoms with Crippen molar-refractivity contribution in [1.82, 2.24) is 0 Å². The molecule has 5 rings (SSSR count). The maximum Gasteiger partial charge on any atom is 0.494 e. The average Bonchev–Trinajstić information content (AvgIpc) is 3.05. The van der Waals surface area contributed by atoms with Gasteiger partial charge in [0.05, 0.1) is 11.2 Å². The van der Waals surface area contributed by atoms with E-state index in [1.165, 1.54) is 0 Å². The van der Waals surface area contributed by atoms with Crippen molar-refractivity contribution < 1.29 is 13.9 Å². The van der Waals surface area contributed by atoms with Crippen molar-refractivity contribution in [3.63, 3.8) is 0 Å². The SMILES string of the molecule is CC1C=CC(P(=O)(c2ccccc2)c2ccc3cc(B4OC(C)(C)C(C)(C)O4)ccc3c2)=CC1. The zero-order chi connectivity index (χ0) is 24.1. The molecule has 1 aliphatic heterocycles. The van der Waals surface area contributed by atoms with E-state index in [9.17, 15) is 4.57 Å². The van der Waals surface area contributed by atoms with Gasteiger partial charge in [0.2, 0.25) is 0 Å². The lowest BCUT2D eigenvalue weighted by Gasteiger charge is -2.32. The molecule has 1 heterocycles. The van der Waals surface area contributed by atoms with E-state index in [0.717, 1.165) is 38.6 Å². The molecule has 174 valence electrons. The molecule has 0 amide bonds. The molecule has 2 atom stereocenters. The molecule has 0 spiro atoms. The summed E-state index contributed by atoms with van der Waals surface area (Å²) in [6.07, 6.45) is 7.30. The summed E-state index contributed by atoms with van der Waals surface area (Å²) in [6.45, 7) is 10.4. The molecule has 1 fully saturated rings. The Kier molecular flexibility index (Phi) is 5.76. The fourth-order valence-electron chi connectivity index (χ4n) is 4.61. The van der Waals surface area contributed by atoms with Gasteiger partial charge >= 0.3 is 7.12 Å². The zero-order valence-electron chi connectivity index (χ0n) is 20.6. The quantitative estimate of drug-likeness (QED) is 0.350. The summed E-state index contributed by atoms with van der Waals surface area (Å²) in [7, 11) is -3.37. The Morgan fingerprint density at radius 3 is 2.15 bits per heavy atom. The van der Waals surface area contributed by atoms with E-state index >= 15 is 0 Å². The third kappa shape index (κ3) is 3.92. The number of hydrogen-bond donors (Lipinski definition) is 0. The van der Waals surface area contributed by atoms with Gasteiger partial charge in [-0.3, -0.25) is 0 Å². The molecule has 34 heavy (non-hydrogen) atoms. The Morgan fingerprint density at radius 2 is 1.50 bits per heavy atom. The van der Waals surface area contributed by atoms with E-state index in [1.54, 1.807) is 0 Å². The molecule has 1 aliphatic carbocycles. The van der Waals surface area contributed by atoms with Crippen LogP contribution in [0.25, 0.3) is 10.8 Å². The van der Waals surface area contributed by atoms with E-state index in [0.29, 0.717) is 5.92 Å². The lowest BCUT2D eigenvalue weighted by atomic mass is 9.78. The third-order valence-corrected chi connectivity index (χ3v) is 10.6. The number of rotatable bonds is 4. The van der Waals surface area contributed by atoms with Crippen LogP contribution < -0.4 is 16.1 Å². The Hall–Kier alpha value is -2.39. The van der Waals surface area contributed by atoms with Gasteiger partial charge in [-0.25, -0.2) is 0 Å². The van der Waals surface area contributed by atoms with Crippen molar-refractivity contribution in [3.05, 3.63) is 90.3 Å². The van der Waals surface area contributed by atoms with Gasteiger partial charge in [0.25, 0.3) is 0 Å². The van der Waals surface area contributed by atoms with Crippen LogP contribution in [0, 0.1) is 5.92 Å². The summed E-state index contributed by atoms with van der Waals surface area (Å²) in [4.78, 5) is 0. The molecule has 5 heteroatoms. The van der Waals surface area contributed by atoms with Gasteiger partial charge in [0, 0.05) is 15.9 Å². The summed E-state index contributed by atoms with van der Waals surface area (Å²) in [6, 6.07) is 22.3. The molecular formula is C29H32BO3P. The number of fused-ring (bicyclic) bond motifs is 1. The topological polar surface area (TPSA) is 35.5 Å². The van der Waals surface area contributed by atoms with Gasteiger partial charge < -0.3 is 13.9 Å². The third-order valence-electron chi connectivity index (χ3n) is 7.51. The van der Waals surface area contributed by atoms with Gasteiger partial charge in [-0.1, -0.05) is 85.8 Å². The fraction of sp³-hybridized carbons (Fsp3) is 0.310. The maximum absolute atomic E-state index is 14.8. The highest BCUT2D eigenvalue weighted by atomic mass is 31.2. The average molecular weight is 470 g/mol. The number of benzene rings is 3. The first-order valence-corrected chi connectivity index (χ1v) is 13.8. The van der Waals surface area contributed by atoms with Crippen LogP contribution in [0.2, 0.25) is 0 Å². The summed E-state index contributed by atoms with van der Waals surface area (Å²) < 4.78 is 27.3. The first-order valence-electron chi connectivity index (χ1n) is 12.0. The molecular weight excluding hydrogens is 438 g/mol. The molecule has 3 aromatic carbocycles. The zero-order valence-corrected chi connectivity index (χ0v) is 21.5. The van der Waals surface area contributed by atoms with Gasteiger partial charge in [0.15, 0.2) is 7.14 Å². The first kappa shape index (κ1) is 23.4. The van der Waals surface area contributed by atoms with E-state index in [2.05, 4.69) is 83.2 Å². The van der Waals surface area contributed by atoms with Crippen LogP contribution in [0.3, 0.4) is 0 Å². The minimum absolute atomic E-state index is 0.377. The van der Waals surface area contributed by atoms with Crippen molar-refractivity contribution in [3.8, 4) is 0 Å². The smallest absolute Gasteiger partial charge is 0.399 e. The second-order valence-electron chi connectivity index (χ2n) is 10.5. The van der Waals surface area contributed by atoms with Crippen LogP contribution in [0.15, 0.2) is 90.3 Å². The van der Waals surface area contributed by atoms with Gasteiger partial charge in [0.1, 0.15) is 0 Å². The van der Waals surface area contributed by atoms with Gasteiger partial charge in [-0.2, -0.15) is 0 Å². The molecule has 0 saturated carbocycles. The number of allylic oxidation sites excluding steroid dienone is 4.